The second-order valence-corrected chi connectivity index (χ2v) is 11.4. The van der Waals surface area contributed by atoms with Crippen LogP contribution in [-0.4, -0.2) is 44.4 Å². The molecule has 0 aliphatic carbocycles. The normalized spacial score (nSPS) is 19.7. The Balaban J connectivity index is 1.62. The summed E-state index contributed by atoms with van der Waals surface area (Å²) in [6.07, 6.45) is 0.359. The van der Waals surface area contributed by atoms with Crippen molar-refractivity contribution in [1.82, 2.24) is 0 Å². The van der Waals surface area contributed by atoms with E-state index in [4.69, 9.17) is 4.74 Å². The van der Waals surface area contributed by atoms with E-state index in [1.165, 1.54) is 0 Å². The minimum atomic E-state index is -3.52. The van der Waals surface area contributed by atoms with Crippen molar-refractivity contribution < 1.29 is 17.9 Å². The third-order valence-corrected chi connectivity index (χ3v) is 7.23. The fourth-order valence-corrected chi connectivity index (χ4v) is 4.10. The molecule has 3 rings (SSSR count). The minimum Gasteiger partial charge on any atom is -0.372 e. The van der Waals surface area contributed by atoms with Crippen molar-refractivity contribution in [1.29, 1.82) is 0 Å². The smallest absolute Gasteiger partial charge is 0.255 e. The molecule has 1 amide bonds. The number of benzene rings is 2. The third-order valence-electron chi connectivity index (χ3n) is 5.12. The molecular weight excluding hydrogens is 414 g/mol. The Morgan fingerprint density at radius 1 is 0.935 bits per heavy atom. The van der Waals surface area contributed by atoms with Crippen LogP contribution in [0.1, 0.15) is 45.0 Å². The summed E-state index contributed by atoms with van der Waals surface area (Å²) >= 11 is 0. The van der Waals surface area contributed by atoms with E-state index in [1.54, 1.807) is 45.0 Å². The minimum absolute atomic E-state index is 0.180. The highest BCUT2D eigenvalue weighted by Crippen LogP contribution is 2.23. The van der Waals surface area contributed by atoms with Crippen LogP contribution in [-0.2, 0) is 14.8 Å². The van der Waals surface area contributed by atoms with Gasteiger partial charge in [-0.15, -0.1) is 0 Å². The molecule has 0 radical (unpaired) electrons. The van der Waals surface area contributed by atoms with Crippen LogP contribution in [0.5, 0.6) is 0 Å². The lowest BCUT2D eigenvalue weighted by Crippen LogP contribution is -2.45. The number of sulfonamides is 1. The molecule has 1 aliphatic rings. The molecule has 0 spiro atoms. The number of morpholine rings is 1. The molecule has 8 heteroatoms. The average Bonchev–Trinajstić information content (AvgIpc) is 2.67. The average molecular weight is 446 g/mol. The number of nitrogens with zero attached hydrogens (tertiary/aromatic N) is 1. The van der Waals surface area contributed by atoms with Gasteiger partial charge in [-0.2, -0.15) is 0 Å². The van der Waals surface area contributed by atoms with Gasteiger partial charge in [0.25, 0.3) is 5.91 Å². The summed E-state index contributed by atoms with van der Waals surface area (Å²) in [6.45, 7) is 10.7. The molecule has 7 nitrogen and oxygen atoms in total. The lowest BCUT2D eigenvalue weighted by atomic mass is 10.1. The summed E-state index contributed by atoms with van der Waals surface area (Å²) in [5.41, 5.74) is 2.65. The highest BCUT2D eigenvalue weighted by Gasteiger charge is 2.29. The Labute approximate surface area is 184 Å². The zero-order valence-corrected chi connectivity index (χ0v) is 19.5. The number of amides is 1. The van der Waals surface area contributed by atoms with Crippen molar-refractivity contribution >= 4 is 33.0 Å². The third kappa shape index (κ3) is 5.77. The Morgan fingerprint density at radius 3 is 1.97 bits per heavy atom. The summed E-state index contributed by atoms with van der Waals surface area (Å²) in [5.74, 6) is -0.258. The quantitative estimate of drug-likeness (QED) is 0.724. The number of hydrogen-bond donors (Lipinski definition) is 2. The van der Waals surface area contributed by atoms with Gasteiger partial charge in [-0.3, -0.25) is 9.52 Å². The first kappa shape index (κ1) is 23.1. The van der Waals surface area contributed by atoms with Gasteiger partial charge < -0.3 is 15.0 Å². The van der Waals surface area contributed by atoms with Crippen LogP contribution in [0.25, 0.3) is 0 Å². The topological polar surface area (TPSA) is 87.7 Å². The van der Waals surface area contributed by atoms with Crippen LogP contribution in [0.4, 0.5) is 17.1 Å². The number of carbonyl (C=O) groups excluding carboxylic acids is 1. The molecule has 1 aliphatic heterocycles. The molecule has 0 saturated carbocycles. The van der Waals surface area contributed by atoms with Gasteiger partial charge in [0.05, 0.1) is 17.0 Å². The standard InChI is InChI=1S/C23H31N3O4S/c1-16-14-26(15-17(2)30-16)21-12-10-19(11-13-21)24-22(27)18-6-8-20(9-7-18)25-31(28,29)23(3,4)5/h6-13,16-17,25H,14-15H2,1-5H3,(H,24,27)/t16-,17?/m1/s1. The Kier molecular flexibility index (Phi) is 6.62. The molecule has 0 aromatic heterocycles. The number of carbonyl (C=O) groups is 1. The molecule has 168 valence electrons. The predicted molar refractivity (Wildman–Crippen MR) is 125 cm³/mol. The summed E-state index contributed by atoms with van der Waals surface area (Å²) in [7, 11) is -3.52. The van der Waals surface area contributed by atoms with Gasteiger partial charge in [-0.1, -0.05) is 0 Å². The largest absolute Gasteiger partial charge is 0.372 e. The lowest BCUT2D eigenvalue weighted by molar-refractivity contribution is -0.00521. The van der Waals surface area contributed by atoms with Crippen molar-refractivity contribution in [2.45, 2.75) is 51.6 Å². The fraction of sp³-hybridized carbons (Fsp3) is 0.435. The van der Waals surface area contributed by atoms with E-state index >= 15 is 0 Å². The summed E-state index contributed by atoms with van der Waals surface area (Å²) in [5, 5.41) is 2.88. The first-order valence-corrected chi connectivity index (χ1v) is 11.9. The summed E-state index contributed by atoms with van der Waals surface area (Å²) in [4.78, 5) is 14.8. The highest BCUT2D eigenvalue weighted by molar-refractivity contribution is 7.94. The number of rotatable bonds is 5. The second-order valence-electron chi connectivity index (χ2n) is 8.96. The number of anilines is 3. The van der Waals surface area contributed by atoms with Crippen LogP contribution in [0, 0.1) is 0 Å². The molecule has 2 aromatic carbocycles. The number of nitrogens with one attached hydrogen (secondary N) is 2. The van der Waals surface area contributed by atoms with E-state index in [9.17, 15) is 13.2 Å². The molecule has 31 heavy (non-hydrogen) atoms. The summed E-state index contributed by atoms with van der Waals surface area (Å²) in [6, 6.07) is 14.1. The van der Waals surface area contributed by atoms with Crippen molar-refractivity contribution in [2.75, 3.05) is 28.0 Å². The molecular formula is C23H31N3O4S. The van der Waals surface area contributed by atoms with Crippen LogP contribution >= 0.6 is 0 Å². The van der Waals surface area contributed by atoms with Gasteiger partial charge in [0, 0.05) is 35.7 Å². The maximum absolute atomic E-state index is 12.6. The van der Waals surface area contributed by atoms with E-state index in [0.29, 0.717) is 16.9 Å². The highest BCUT2D eigenvalue weighted by atomic mass is 32.2. The van der Waals surface area contributed by atoms with E-state index in [1.807, 2.05) is 24.3 Å². The van der Waals surface area contributed by atoms with Crippen molar-refractivity contribution in [2.24, 2.45) is 0 Å². The van der Waals surface area contributed by atoms with Gasteiger partial charge in [-0.25, -0.2) is 8.42 Å². The first-order valence-electron chi connectivity index (χ1n) is 10.4. The molecule has 1 heterocycles. The predicted octanol–water partition coefficient (Wildman–Crippen LogP) is 4.09. The van der Waals surface area contributed by atoms with Gasteiger partial charge in [0.2, 0.25) is 10.0 Å². The van der Waals surface area contributed by atoms with E-state index in [-0.39, 0.29) is 18.1 Å². The SMILES string of the molecule is CC1CN(c2ccc(NC(=O)c3ccc(NS(=O)(=O)C(C)(C)C)cc3)cc2)C[C@@H](C)O1. The van der Waals surface area contributed by atoms with Crippen LogP contribution in [0.3, 0.4) is 0 Å². The number of hydrogen-bond acceptors (Lipinski definition) is 5. The van der Waals surface area contributed by atoms with Gasteiger partial charge in [0.1, 0.15) is 0 Å². The maximum Gasteiger partial charge on any atom is 0.255 e. The fourth-order valence-electron chi connectivity index (χ4n) is 3.35. The number of ether oxygens (including phenoxy) is 1. The van der Waals surface area contributed by atoms with Crippen molar-refractivity contribution in [3.8, 4) is 0 Å². The molecule has 1 saturated heterocycles. The Hall–Kier alpha value is -2.58. The van der Waals surface area contributed by atoms with Gasteiger partial charge >= 0.3 is 0 Å². The molecule has 1 fully saturated rings. The van der Waals surface area contributed by atoms with E-state index in [0.717, 1.165) is 18.8 Å². The Morgan fingerprint density at radius 2 is 1.45 bits per heavy atom. The van der Waals surface area contributed by atoms with Crippen LogP contribution in [0.15, 0.2) is 48.5 Å². The monoisotopic (exact) mass is 445 g/mol. The van der Waals surface area contributed by atoms with E-state index in [2.05, 4.69) is 28.8 Å². The molecule has 1 unspecified atom stereocenters. The van der Waals surface area contributed by atoms with Crippen molar-refractivity contribution in [3.63, 3.8) is 0 Å². The Bertz CT molecular complexity index is 1000. The molecule has 0 bridgehead atoms. The second kappa shape index (κ2) is 8.88. The van der Waals surface area contributed by atoms with E-state index < -0.39 is 14.8 Å². The van der Waals surface area contributed by atoms with Gasteiger partial charge in [-0.05, 0) is 83.1 Å². The van der Waals surface area contributed by atoms with Gasteiger partial charge in [0.15, 0.2) is 0 Å². The maximum atomic E-state index is 12.6. The zero-order chi connectivity index (χ0) is 22.8. The first-order chi connectivity index (χ1) is 14.4. The summed E-state index contributed by atoms with van der Waals surface area (Å²) < 4.78 is 31.9. The van der Waals surface area contributed by atoms with Crippen LogP contribution < -0.4 is 14.9 Å². The zero-order valence-electron chi connectivity index (χ0n) is 18.7. The molecule has 2 atom stereocenters. The molecule has 2 N–H and O–H groups in total. The van der Waals surface area contributed by atoms with Crippen LogP contribution in [0.2, 0.25) is 0 Å². The lowest BCUT2D eigenvalue weighted by Gasteiger charge is -2.36. The molecule has 2 aromatic rings. The van der Waals surface area contributed by atoms with Crippen molar-refractivity contribution in [3.05, 3.63) is 54.1 Å².